The first-order valence-corrected chi connectivity index (χ1v) is 9.46. The highest BCUT2D eigenvalue weighted by Gasteiger charge is 2.21. The molecule has 1 heterocycles. The summed E-state index contributed by atoms with van der Waals surface area (Å²) >= 11 is 0. The molecule has 1 aliphatic heterocycles. The number of nitrogens with zero attached hydrogens (tertiary/aromatic N) is 1. The van der Waals surface area contributed by atoms with Crippen LogP contribution in [0.3, 0.4) is 0 Å². The highest BCUT2D eigenvalue weighted by molar-refractivity contribution is 7.91. The van der Waals surface area contributed by atoms with Gasteiger partial charge in [-0.3, -0.25) is 0 Å². The van der Waals surface area contributed by atoms with Crippen molar-refractivity contribution in [1.82, 2.24) is 10.2 Å². The summed E-state index contributed by atoms with van der Waals surface area (Å²) in [6.07, 6.45) is 3.12. The van der Waals surface area contributed by atoms with Gasteiger partial charge in [0, 0.05) is 18.3 Å². The van der Waals surface area contributed by atoms with Gasteiger partial charge in [-0.15, -0.1) is 0 Å². The van der Waals surface area contributed by atoms with Crippen LogP contribution in [0.2, 0.25) is 0 Å². The molecule has 0 saturated carbocycles. The molecular formula is C14H30N2O2S. The molecule has 2 atom stereocenters. The van der Waals surface area contributed by atoms with Gasteiger partial charge in [-0.2, -0.15) is 0 Å². The Balaban J connectivity index is 2.39. The Morgan fingerprint density at radius 1 is 1.37 bits per heavy atom. The van der Waals surface area contributed by atoms with Crippen LogP contribution >= 0.6 is 0 Å². The minimum atomic E-state index is -2.81. The smallest absolute Gasteiger partial charge is 0.150 e. The fourth-order valence-electron chi connectivity index (χ4n) is 2.55. The molecule has 0 aromatic rings. The summed E-state index contributed by atoms with van der Waals surface area (Å²) in [6, 6.07) is 0.551. The Bertz CT molecular complexity index is 343. The van der Waals surface area contributed by atoms with E-state index < -0.39 is 9.84 Å². The molecule has 0 aliphatic carbocycles. The third-order valence-corrected chi connectivity index (χ3v) is 6.00. The van der Waals surface area contributed by atoms with Crippen molar-refractivity contribution in [3.05, 3.63) is 0 Å². The highest BCUT2D eigenvalue weighted by Crippen LogP contribution is 2.12. The lowest BCUT2D eigenvalue weighted by Crippen LogP contribution is -2.42. The molecule has 0 amide bonds. The van der Waals surface area contributed by atoms with E-state index in [9.17, 15) is 8.42 Å². The van der Waals surface area contributed by atoms with Gasteiger partial charge in [0.05, 0.1) is 5.75 Å². The lowest BCUT2D eigenvalue weighted by atomic mass is 9.99. The van der Waals surface area contributed by atoms with Crippen molar-refractivity contribution in [2.75, 3.05) is 37.7 Å². The minimum absolute atomic E-state index is 0.268. The van der Waals surface area contributed by atoms with E-state index in [1.165, 1.54) is 6.42 Å². The molecule has 1 rings (SSSR count). The first kappa shape index (κ1) is 16.9. The molecule has 0 bridgehead atoms. The lowest BCUT2D eigenvalue weighted by Gasteiger charge is -2.28. The molecule has 0 radical (unpaired) electrons. The minimum Gasteiger partial charge on any atom is -0.312 e. The van der Waals surface area contributed by atoms with Gasteiger partial charge in [-0.1, -0.05) is 27.2 Å². The summed E-state index contributed by atoms with van der Waals surface area (Å²) in [6.45, 7) is 10.4. The van der Waals surface area contributed by atoms with E-state index in [4.69, 9.17) is 0 Å². The summed E-state index contributed by atoms with van der Waals surface area (Å²) in [7, 11) is -2.81. The third kappa shape index (κ3) is 6.23. The van der Waals surface area contributed by atoms with Gasteiger partial charge in [0.2, 0.25) is 0 Å². The van der Waals surface area contributed by atoms with Crippen molar-refractivity contribution in [3.8, 4) is 0 Å². The van der Waals surface area contributed by atoms with Gasteiger partial charge in [0.1, 0.15) is 9.84 Å². The topological polar surface area (TPSA) is 49.4 Å². The molecule has 5 heteroatoms. The summed E-state index contributed by atoms with van der Waals surface area (Å²) in [5, 5.41) is 3.62. The second-order valence-corrected chi connectivity index (χ2v) is 8.16. The maximum absolute atomic E-state index is 11.5. The van der Waals surface area contributed by atoms with Crippen LogP contribution in [-0.4, -0.2) is 57.0 Å². The molecule has 19 heavy (non-hydrogen) atoms. The van der Waals surface area contributed by atoms with Gasteiger partial charge < -0.3 is 10.2 Å². The Kier molecular flexibility index (Phi) is 7.32. The molecule has 0 aromatic heterocycles. The summed E-state index contributed by atoms with van der Waals surface area (Å²) in [5.74, 6) is 1.28. The summed E-state index contributed by atoms with van der Waals surface area (Å²) < 4.78 is 23.0. The molecule has 1 N–H and O–H groups in total. The second-order valence-electron chi connectivity index (χ2n) is 5.69. The first-order chi connectivity index (χ1) is 8.98. The van der Waals surface area contributed by atoms with Gasteiger partial charge in [-0.05, 0) is 38.4 Å². The maximum Gasteiger partial charge on any atom is 0.150 e. The molecule has 0 spiro atoms. The lowest BCUT2D eigenvalue weighted by molar-refractivity contribution is 0.239. The molecule has 1 aliphatic rings. The van der Waals surface area contributed by atoms with E-state index in [1.54, 1.807) is 6.92 Å². The zero-order valence-electron chi connectivity index (χ0n) is 12.7. The Labute approximate surface area is 118 Å². The van der Waals surface area contributed by atoms with E-state index in [2.05, 4.69) is 24.1 Å². The predicted molar refractivity (Wildman–Crippen MR) is 81.2 cm³/mol. The van der Waals surface area contributed by atoms with E-state index in [-0.39, 0.29) is 5.75 Å². The molecule has 0 aromatic carbocycles. The average Bonchev–Trinajstić information content (AvgIpc) is 2.63. The van der Waals surface area contributed by atoms with Crippen molar-refractivity contribution < 1.29 is 8.42 Å². The van der Waals surface area contributed by atoms with Crippen LogP contribution in [0, 0.1) is 5.92 Å². The van der Waals surface area contributed by atoms with Crippen molar-refractivity contribution >= 4 is 9.84 Å². The fourth-order valence-corrected chi connectivity index (χ4v) is 3.40. The van der Waals surface area contributed by atoms with Crippen LogP contribution in [0.25, 0.3) is 0 Å². The zero-order chi connectivity index (χ0) is 14.3. The Morgan fingerprint density at radius 2 is 2.11 bits per heavy atom. The monoisotopic (exact) mass is 290 g/mol. The van der Waals surface area contributed by atoms with Crippen LogP contribution < -0.4 is 5.32 Å². The van der Waals surface area contributed by atoms with Gasteiger partial charge in [-0.25, -0.2) is 8.42 Å². The van der Waals surface area contributed by atoms with Crippen LogP contribution in [0.15, 0.2) is 0 Å². The van der Waals surface area contributed by atoms with Crippen LogP contribution in [0.1, 0.15) is 40.0 Å². The Morgan fingerprint density at radius 3 is 2.74 bits per heavy atom. The molecule has 1 fully saturated rings. The van der Waals surface area contributed by atoms with E-state index >= 15 is 0 Å². The van der Waals surface area contributed by atoms with E-state index in [0.717, 1.165) is 39.0 Å². The molecule has 2 unspecified atom stereocenters. The number of hydrogen-bond acceptors (Lipinski definition) is 4. The molecule has 4 nitrogen and oxygen atoms in total. The van der Waals surface area contributed by atoms with Crippen LogP contribution in [-0.2, 0) is 9.84 Å². The van der Waals surface area contributed by atoms with E-state index in [1.807, 2.05) is 0 Å². The number of hydrogen-bond donors (Lipinski definition) is 1. The standard InChI is InChI=1S/C14H30N2O2S/c1-4-13(3)14-12-16(9-6-8-15-14)10-7-11-19(17,18)5-2/h13-15H,4-12H2,1-3H3. The maximum atomic E-state index is 11.5. The van der Waals surface area contributed by atoms with Gasteiger partial charge in [0.15, 0.2) is 0 Å². The summed E-state index contributed by atoms with van der Waals surface area (Å²) in [4.78, 5) is 2.43. The number of sulfone groups is 1. The molecular weight excluding hydrogens is 260 g/mol. The molecule has 114 valence electrons. The van der Waals surface area contributed by atoms with Crippen LogP contribution in [0.4, 0.5) is 0 Å². The largest absolute Gasteiger partial charge is 0.312 e. The van der Waals surface area contributed by atoms with E-state index in [0.29, 0.717) is 17.7 Å². The van der Waals surface area contributed by atoms with Crippen molar-refractivity contribution in [1.29, 1.82) is 0 Å². The van der Waals surface area contributed by atoms with Crippen molar-refractivity contribution in [3.63, 3.8) is 0 Å². The molecule has 1 saturated heterocycles. The number of rotatable bonds is 7. The quantitative estimate of drug-likeness (QED) is 0.772. The summed E-state index contributed by atoms with van der Waals surface area (Å²) in [5.41, 5.74) is 0. The predicted octanol–water partition coefficient (Wildman–Crippen LogP) is 1.52. The first-order valence-electron chi connectivity index (χ1n) is 7.64. The average molecular weight is 290 g/mol. The Hall–Kier alpha value is -0.130. The SMILES string of the molecule is CCC(C)C1CN(CCCS(=O)(=O)CC)CCCN1. The van der Waals surface area contributed by atoms with Gasteiger partial charge >= 0.3 is 0 Å². The third-order valence-electron chi connectivity index (χ3n) is 4.21. The van der Waals surface area contributed by atoms with Crippen LogP contribution in [0.5, 0.6) is 0 Å². The van der Waals surface area contributed by atoms with Crippen molar-refractivity contribution in [2.24, 2.45) is 5.92 Å². The fraction of sp³-hybridized carbons (Fsp3) is 1.00. The van der Waals surface area contributed by atoms with Gasteiger partial charge in [0.25, 0.3) is 0 Å². The highest BCUT2D eigenvalue weighted by atomic mass is 32.2. The zero-order valence-corrected chi connectivity index (χ0v) is 13.5. The second kappa shape index (κ2) is 8.22. The van der Waals surface area contributed by atoms with Crippen molar-refractivity contribution in [2.45, 2.75) is 46.1 Å². The number of nitrogens with one attached hydrogen (secondary N) is 1. The normalized spacial score (nSPS) is 24.1.